The van der Waals surface area contributed by atoms with Gasteiger partial charge in [0.2, 0.25) is 5.91 Å². The van der Waals surface area contributed by atoms with Crippen LogP contribution in [0.5, 0.6) is 0 Å². The number of furan rings is 1. The lowest BCUT2D eigenvalue weighted by molar-refractivity contribution is -0.121. The van der Waals surface area contributed by atoms with Gasteiger partial charge in [-0.1, -0.05) is 91.0 Å². The highest BCUT2D eigenvalue weighted by atomic mass is 16.3. The summed E-state index contributed by atoms with van der Waals surface area (Å²) in [4.78, 5) is 12.9. The van der Waals surface area contributed by atoms with Gasteiger partial charge in [0.05, 0.1) is 24.9 Å². The third kappa shape index (κ3) is 5.71. The maximum atomic E-state index is 12.9. The van der Waals surface area contributed by atoms with Gasteiger partial charge in [0.1, 0.15) is 5.76 Å². The van der Waals surface area contributed by atoms with Crippen molar-refractivity contribution in [2.75, 3.05) is 6.54 Å². The SMILES string of the molecule is O=C(CN[C@@H](c1ccccc1)c1ccco1)N[C@H](Cc1ccccc1)c1ccccc1. The van der Waals surface area contributed by atoms with Crippen LogP contribution < -0.4 is 10.6 Å². The first-order valence-electron chi connectivity index (χ1n) is 10.5. The standard InChI is InChI=1S/C27H26N2O2/c30-26(20-28-27(25-17-10-18-31-25)23-15-8-3-9-16-23)29-24(22-13-6-2-7-14-22)19-21-11-4-1-5-12-21/h1-18,24,27-28H,19-20H2,(H,29,30)/t24-,27+/m1/s1. The molecule has 0 fully saturated rings. The van der Waals surface area contributed by atoms with E-state index in [1.165, 1.54) is 5.56 Å². The minimum Gasteiger partial charge on any atom is -0.467 e. The molecule has 1 heterocycles. The molecule has 0 aliphatic heterocycles. The maximum Gasteiger partial charge on any atom is 0.234 e. The predicted octanol–water partition coefficient (Wildman–Crippen LogP) is 5.06. The summed E-state index contributed by atoms with van der Waals surface area (Å²) in [6.45, 7) is 0.179. The fourth-order valence-corrected chi connectivity index (χ4v) is 3.71. The average molecular weight is 411 g/mol. The smallest absolute Gasteiger partial charge is 0.234 e. The number of carbonyl (C=O) groups is 1. The van der Waals surface area contributed by atoms with Crippen LogP contribution in [0.25, 0.3) is 0 Å². The van der Waals surface area contributed by atoms with Crippen LogP contribution in [-0.4, -0.2) is 12.5 Å². The van der Waals surface area contributed by atoms with Crippen molar-refractivity contribution in [3.05, 3.63) is 132 Å². The van der Waals surface area contributed by atoms with E-state index in [-0.39, 0.29) is 24.5 Å². The molecule has 0 saturated heterocycles. The van der Waals surface area contributed by atoms with E-state index in [0.717, 1.165) is 23.3 Å². The number of rotatable bonds is 9. The van der Waals surface area contributed by atoms with Crippen molar-refractivity contribution in [2.45, 2.75) is 18.5 Å². The summed E-state index contributed by atoms with van der Waals surface area (Å²) in [5.41, 5.74) is 3.32. The van der Waals surface area contributed by atoms with Gasteiger partial charge in [-0.25, -0.2) is 0 Å². The first kappa shape index (κ1) is 20.6. The van der Waals surface area contributed by atoms with E-state index < -0.39 is 0 Å². The number of nitrogens with one attached hydrogen (secondary N) is 2. The second kappa shape index (κ2) is 10.4. The zero-order valence-electron chi connectivity index (χ0n) is 17.3. The van der Waals surface area contributed by atoms with E-state index in [0.29, 0.717) is 0 Å². The van der Waals surface area contributed by atoms with Gasteiger partial charge in [0.15, 0.2) is 0 Å². The molecular formula is C27H26N2O2. The van der Waals surface area contributed by atoms with Crippen molar-refractivity contribution >= 4 is 5.91 Å². The Bertz CT molecular complexity index is 1050. The molecule has 0 aliphatic carbocycles. The lowest BCUT2D eigenvalue weighted by Gasteiger charge is -2.21. The third-order valence-electron chi connectivity index (χ3n) is 5.25. The zero-order valence-corrected chi connectivity index (χ0v) is 17.3. The van der Waals surface area contributed by atoms with E-state index in [4.69, 9.17) is 4.42 Å². The Morgan fingerprint density at radius 1 is 0.742 bits per heavy atom. The largest absolute Gasteiger partial charge is 0.467 e. The van der Waals surface area contributed by atoms with Gasteiger partial charge in [0, 0.05) is 0 Å². The fraction of sp³-hybridized carbons (Fsp3) is 0.148. The molecule has 2 atom stereocenters. The molecule has 0 saturated carbocycles. The van der Waals surface area contributed by atoms with Gasteiger partial charge in [-0.15, -0.1) is 0 Å². The summed E-state index contributed by atoms with van der Waals surface area (Å²) in [6.07, 6.45) is 2.38. The molecule has 0 radical (unpaired) electrons. The fourth-order valence-electron chi connectivity index (χ4n) is 3.71. The molecule has 31 heavy (non-hydrogen) atoms. The molecule has 0 bridgehead atoms. The number of benzene rings is 3. The van der Waals surface area contributed by atoms with Crippen LogP contribution in [0, 0.1) is 0 Å². The van der Waals surface area contributed by atoms with E-state index >= 15 is 0 Å². The Hall–Kier alpha value is -3.63. The molecule has 4 heteroatoms. The monoisotopic (exact) mass is 410 g/mol. The molecule has 4 nitrogen and oxygen atoms in total. The van der Waals surface area contributed by atoms with Crippen LogP contribution >= 0.6 is 0 Å². The molecule has 0 aliphatic rings. The van der Waals surface area contributed by atoms with Gasteiger partial charge in [-0.05, 0) is 35.2 Å². The molecule has 3 aromatic carbocycles. The summed E-state index contributed by atoms with van der Waals surface area (Å²) in [5.74, 6) is 0.722. The summed E-state index contributed by atoms with van der Waals surface area (Å²) in [6, 6.07) is 33.8. The van der Waals surface area contributed by atoms with E-state index in [9.17, 15) is 4.79 Å². The number of hydrogen-bond acceptors (Lipinski definition) is 3. The second-order valence-corrected chi connectivity index (χ2v) is 7.46. The van der Waals surface area contributed by atoms with Crippen LogP contribution in [0.3, 0.4) is 0 Å². The Labute approximate surface area is 182 Å². The number of amides is 1. The third-order valence-corrected chi connectivity index (χ3v) is 5.25. The molecular weight excluding hydrogens is 384 g/mol. The highest BCUT2D eigenvalue weighted by Gasteiger charge is 2.19. The zero-order chi connectivity index (χ0) is 21.3. The van der Waals surface area contributed by atoms with E-state index in [2.05, 4.69) is 34.9 Å². The highest BCUT2D eigenvalue weighted by molar-refractivity contribution is 5.78. The highest BCUT2D eigenvalue weighted by Crippen LogP contribution is 2.22. The average Bonchev–Trinajstić information content (AvgIpc) is 3.35. The minimum atomic E-state index is -0.189. The predicted molar refractivity (Wildman–Crippen MR) is 122 cm³/mol. The summed E-state index contributed by atoms with van der Waals surface area (Å²) in [5, 5.41) is 6.55. The van der Waals surface area contributed by atoms with Gasteiger partial charge >= 0.3 is 0 Å². The molecule has 1 aromatic heterocycles. The van der Waals surface area contributed by atoms with Crippen LogP contribution in [0.1, 0.15) is 34.5 Å². The molecule has 4 rings (SSSR count). The summed E-state index contributed by atoms with van der Waals surface area (Å²) < 4.78 is 5.62. The van der Waals surface area contributed by atoms with E-state index in [1.54, 1.807) is 6.26 Å². The number of carbonyl (C=O) groups excluding carboxylic acids is 1. The lowest BCUT2D eigenvalue weighted by Crippen LogP contribution is -2.38. The van der Waals surface area contributed by atoms with Crippen molar-refractivity contribution < 1.29 is 9.21 Å². The topological polar surface area (TPSA) is 54.3 Å². The van der Waals surface area contributed by atoms with Gasteiger partial charge in [-0.2, -0.15) is 0 Å². The van der Waals surface area contributed by atoms with Crippen molar-refractivity contribution in [3.8, 4) is 0 Å². The summed E-state index contributed by atoms with van der Waals surface area (Å²) in [7, 11) is 0. The second-order valence-electron chi connectivity index (χ2n) is 7.46. The summed E-state index contributed by atoms with van der Waals surface area (Å²) >= 11 is 0. The van der Waals surface area contributed by atoms with Crippen LogP contribution in [0.15, 0.2) is 114 Å². The first-order valence-corrected chi connectivity index (χ1v) is 10.5. The van der Waals surface area contributed by atoms with E-state index in [1.807, 2.05) is 78.9 Å². The quantitative estimate of drug-likeness (QED) is 0.406. The van der Waals surface area contributed by atoms with Crippen molar-refractivity contribution in [2.24, 2.45) is 0 Å². The van der Waals surface area contributed by atoms with Crippen molar-refractivity contribution in [1.82, 2.24) is 10.6 Å². The Balaban J connectivity index is 1.45. The molecule has 2 N–H and O–H groups in total. The van der Waals surface area contributed by atoms with Crippen LogP contribution in [0.2, 0.25) is 0 Å². The van der Waals surface area contributed by atoms with Crippen molar-refractivity contribution in [1.29, 1.82) is 0 Å². The van der Waals surface area contributed by atoms with Gasteiger partial charge in [-0.3, -0.25) is 10.1 Å². The van der Waals surface area contributed by atoms with Crippen LogP contribution in [-0.2, 0) is 11.2 Å². The normalized spacial score (nSPS) is 12.8. The Morgan fingerprint density at radius 3 is 1.97 bits per heavy atom. The Morgan fingerprint density at radius 2 is 1.35 bits per heavy atom. The maximum absolute atomic E-state index is 12.9. The van der Waals surface area contributed by atoms with Gasteiger partial charge in [0.25, 0.3) is 0 Å². The van der Waals surface area contributed by atoms with Crippen LogP contribution in [0.4, 0.5) is 0 Å². The molecule has 0 spiro atoms. The Kier molecular flexibility index (Phi) is 6.93. The first-order chi connectivity index (χ1) is 15.3. The van der Waals surface area contributed by atoms with Gasteiger partial charge < -0.3 is 9.73 Å². The molecule has 1 amide bonds. The number of hydrogen-bond donors (Lipinski definition) is 2. The molecule has 0 unspecified atom stereocenters. The lowest BCUT2D eigenvalue weighted by atomic mass is 9.99. The minimum absolute atomic E-state index is 0.0581. The molecule has 4 aromatic rings. The van der Waals surface area contributed by atoms with Crippen molar-refractivity contribution in [3.63, 3.8) is 0 Å². The molecule has 156 valence electrons.